The van der Waals surface area contributed by atoms with E-state index in [-0.39, 0.29) is 5.56 Å². The maximum absolute atomic E-state index is 13.2. The van der Waals surface area contributed by atoms with Gasteiger partial charge < -0.3 is 5.32 Å². The highest BCUT2D eigenvalue weighted by Gasteiger charge is 2.09. The Labute approximate surface area is 89.5 Å². The van der Waals surface area contributed by atoms with Gasteiger partial charge in [-0.15, -0.1) is 0 Å². The lowest BCUT2D eigenvalue weighted by Crippen LogP contribution is -2.17. The molecule has 0 aromatic heterocycles. The summed E-state index contributed by atoms with van der Waals surface area (Å²) in [7, 11) is 1.88. The molecule has 1 aromatic carbocycles. The standard InChI is InChI=1S/C12H17F2N/c1-9(8-15-2)6-7-10-11(13)4-3-5-12(10)14/h3-5,9,15H,6-8H2,1-2H3. The van der Waals surface area contributed by atoms with E-state index in [1.165, 1.54) is 18.2 Å². The predicted octanol–water partition coefficient (Wildman–Crippen LogP) is 2.75. The third-order valence-electron chi connectivity index (χ3n) is 2.50. The van der Waals surface area contributed by atoms with Gasteiger partial charge in [0.2, 0.25) is 0 Å². The van der Waals surface area contributed by atoms with Crippen LogP contribution in [0.15, 0.2) is 18.2 Å². The van der Waals surface area contributed by atoms with Crippen molar-refractivity contribution in [3.8, 4) is 0 Å². The zero-order valence-corrected chi connectivity index (χ0v) is 9.19. The van der Waals surface area contributed by atoms with Gasteiger partial charge in [0.05, 0.1) is 0 Å². The van der Waals surface area contributed by atoms with Crippen molar-refractivity contribution in [3.63, 3.8) is 0 Å². The second-order valence-corrected chi connectivity index (χ2v) is 3.90. The van der Waals surface area contributed by atoms with Crippen LogP contribution in [0.5, 0.6) is 0 Å². The first kappa shape index (κ1) is 12.1. The molecule has 1 N–H and O–H groups in total. The van der Waals surface area contributed by atoms with Crippen molar-refractivity contribution in [1.82, 2.24) is 5.32 Å². The Morgan fingerprint density at radius 2 is 1.87 bits per heavy atom. The maximum atomic E-state index is 13.2. The first-order chi connectivity index (χ1) is 7.15. The average molecular weight is 213 g/mol. The highest BCUT2D eigenvalue weighted by Crippen LogP contribution is 2.16. The normalized spacial score (nSPS) is 12.8. The molecule has 1 unspecified atom stereocenters. The van der Waals surface area contributed by atoms with E-state index in [1.807, 2.05) is 7.05 Å². The second-order valence-electron chi connectivity index (χ2n) is 3.90. The largest absolute Gasteiger partial charge is 0.319 e. The molecule has 0 fully saturated rings. The van der Waals surface area contributed by atoms with Crippen molar-refractivity contribution in [2.24, 2.45) is 5.92 Å². The van der Waals surface area contributed by atoms with E-state index >= 15 is 0 Å². The number of rotatable bonds is 5. The van der Waals surface area contributed by atoms with E-state index in [2.05, 4.69) is 12.2 Å². The van der Waals surface area contributed by atoms with Crippen LogP contribution in [0.4, 0.5) is 8.78 Å². The fourth-order valence-corrected chi connectivity index (χ4v) is 1.61. The molecule has 0 saturated carbocycles. The molecule has 0 aliphatic carbocycles. The fraction of sp³-hybridized carbons (Fsp3) is 0.500. The van der Waals surface area contributed by atoms with Crippen LogP contribution < -0.4 is 5.32 Å². The molecule has 1 atom stereocenters. The smallest absolute Gasteiger partial charge is 0.129 e. The molecule has 0 amide bonds. The lowest BCUT2D eigenvalue weighted by molar-refractivity contribution is 0.483. The van der Waals surface area contributed by atoms with E-state index in [1.54, 1.807) is 0 Å². The Morgan fingerprint density at radius 3 is 2.40 bits per heavy atom. The second kappa shape index (κ2) is 5.81. The number of benzene rings is 1. The van der Waals surface area contributed by atoms with E-state index in [0.717, 1.165) is 13.0 Å². The topological polar surface area (TPSA) is 12.0 Å². The minimum Gasteiger partial charge on any atom is -0.319 e. The summed E-state index contributed by atoms with van der Waals surface area (Å²) in [6.45, 7) is 2.94. The van der Waals surface area contributed by atoms with Crippen LogP contribution in [0.1, 0.15) is 18.9 Å². The van der Waals surface area contributed by atoms with E-state index in [9.17, 15) is 8.78 Å². The van der Waals surface area contributed by atoms with Crippen LogP contribution >= 0.6 is 0 Å². The Morgan fingerprint density at radius 1 is 1.27 bits per heavy atom. The van der Waals surface area contributed by atoms with Crippen LogP contribution in [-0.2, 0) is 6.42 Å². The first-order valence-corrected chi connectivity index (χ1v) is 5.22. The molecular weight excluding hydrogens is 196 g/mol. The van der Waals surface area contributed by atoms with Crippen molar-refractivity contribution < 1.29 is 8.78 Å². The SMILES string of the molecule is CNCC(C)CCc1c(F)cccc1F. The molecule has 1 nitrogen and oxygen atoms in total. The molecule has 3 heteroatoms. The van der Waals surface area contributed by atoms with Crippen molar-refractivity contribution >= 4 is 0 Å². The van der Waals surface area contributed by atoms with Crippen LogP contribution in [0.3, 0.4) is 0 Å². The van der Waals surface area contributed by atoms with Crippen molar-refractivity contribution in [2.45, 2.75) is 19.8 Å². The van der Waals surface area contributed by atoms with Crippen molar-refractivity contribution in [1.29, 1.82) is 0 Å². The third-order valence-corrected chi connectivity index (χ3v) is 2.50. The molecule has 0 saturated heterocycles. The summed E-state index contributed by atoms with van der Waals surface area (Å²) >= 11 is 0. The molecule has 0 spiro atoms. The summed E-state index contributed by atoms with van der Waals surface area (Å²) in [4.78, 5) is 0. The first-order valence-electron chi connectivity index (χ1n) is 5.22. The van der Waals surface area contributed by atoms with Gasteiger partial charge in [-0.3, -0.25) is 0 Å². The third kappa shape index (κ3) is 3.59. The zero-order valence-electron chi connectivity index (χ0n) is 9.19. The average Bonchev–Trinajstić information content (AvgIpc) is 2.17. The Balaban J connectivity index is 2.57. The Kier molecular flexibility index (Phi) is 4.69. The molecule has 0 aliphatic rings. The quantitative estimate of drug-likeness (QED) is 0.793. The lowest BCUT2D eigenvalue weighted by atomic mass is 10.0. The summed E-state index contributed by atoms with van der Waals surface area (Å²) in [5.74, 6) is -0.452. The summed E-state index contributed by atoms with van der Waals surface area (Å²) in [6, 6.07) is 4.01. The van der Waals surface area contributed by atoms with Gasteiger partial charge in [0.1, 0.15) is 11.6 Å². The van der Waals surface area contributed by atoms with Crippen LogP contribution in [0.25, 0.3) is 0 Å². The minimum atomic E-state index is -0.438. The fourth-order valence-electron chi connectivity index (χ4n) is 1.61. The van der Waals surface area contributed by atoms with Crippen molar-refractivity contribution in [2.75, 3.05) is 13.6 Å². The monoisotopic (exact) mass is 213 g/mol. The molecule has 0 heterocycles. The molecule has 1 aromatic rings. The molecule has 0 bridgehead atoms. The van der Waals surface area contributed by atoms with Gasteiger partial charge in [0.25, 0.3) is 0 Å². The van der Waals surface area contributed by atoms with Gasteiger partial charge >= 0.3 is 0 Å². The minimum absolute atomic E-state index is 0.209. The van der Waals surface area contributed by atoms with Crippen LogP contribution in [0, 0.1) is 17.6 Å². The highest BCUT2D eigenvalue weighted by molar-refractivity contribution is 5.19. The van der Waals surface area contributed by atoms with Gasteiger partial charge in [0.15, 0.2) is 0 Å². The molecule has 0 radical (unpaired) electrons. The number of hydrogen-bond acceptors (Lipinski definition) is 1. The number of halogens is 2. The van der Waals surface area contributed by atoms with Gasteiger partial charge in [-0.25, -0.2) is 8.78 Å². The van der Waals surface area contributed by atoms with E-state index in [0.29, 0.717) is 12.3 Å². The van der Waals surface area contributed by atoms with Crippen LogP contribution in [-0.4, -0.2) is 13.6 Å². The summed E-state index contributed by atoms with van der Waals surface area (Å²) in [5, 5.41) is 3.05. The molecule has 15 heavy (non-hydrogen) atoms. The Hall–Kier alpha value is -0.960. The molecular formula is C12H17F2N. The summed E-state index contributed by atoms with van der Waals surface area (Å²) in [5.41, 5.74) is 0.209. The number of hydrogen-bond donors (Lipinski definition) is 1. The van der Waals surface area contributed by atoms with Gasteiger partial charge in [-0.2, -0.15) is 0 Å². The van der Waals surface area contributed by atoms with Gasteiger partial charge in [0, 0.05) is 5.56 Å². The van der Waals surface area contributed by atoms with Crippen molar-refractivity contribution in [3.05, 3.63) is 35.4 Å². The number of nitrogens with one attached hydrogen (secondary N) is 1. The van der Waals surface area contributed by atoms with Gasteiger partial charge in [-0.1, -0.05) is 13.0 Å². The van der Waals surface area contributed by atoms with E-state index < -0.39 is 11.6 Å². The lowest BCUT2D eigenvalue weighted by Gasteiger charge is -2.11. The maximum Gasteiger partial charge on any atom is 0.129 e. The van der Waals surface area contributed by atoms with Crippen LogP contribution in [0.2, 0.25) is 0 Å². The Bertz CT molecular complexity index is 292. The van der Waals surface area contributed by atoms with Gasteiger partial charge in [-0.05, 0) is 44.5 Å². The zero-order chi connectivity index (χ0) is 11.3. The summed E-state index contributed by atoms with van der Waals surface area (Å²) in [6.07, 6.45) is 1.25. The highest BCUT2D eigenvalue weighted by atomic mass is 19.1. The molecule has 1 rings (SSSR count). The molecule has 84 valence electrons. The van der Waals surface area contributed by atoms with E-state index in [4.69, 9.17) is 0 Å². The summed E-state index contributed by atoms with van der Waals surface area (Å²) < 4.78 is 26.5. The predicted molar refractivity (Wildman–Crippen MR) is 57.8 cm³/mol. The molecule has 0 aliphatic heterocycles.